The Balaban J connectivity index is 0. The Bertz CT molecular complexity index is 776. The van der Waals surface area contributed by atoms with Crippen molar-refractivity contribution in [3.8, 4) is 5.75 Å². The molecule has 0 radical (unpaired) electrons. The third-order valence-electron chi connectivity index (χ3n) is 4.80. The molecule has 0 heterocycles. The number of carbonyl (C=O) groups excluding carboxylic acids is 1. The van der Waals surface area contributed by atoms with Gasteiger partial charge in [-0.05, 0) is 51.2 Å². The van der Waals surface area contributed by atoms with E-state index < -0.39 is 0 Å². The standard InChI is InChI=1S/C11H20O2.C8H10O.C8H10.C2H6O/c1-6-11(4,5)7-8-13-10(12)9(2)3;1-7-5-3-4-6-8(7)9-2;1-7-4-3-5-8(2)6-7;1-3-2/h2,6-8H2,1,3-5H3;3-6H,1-2H3;3-6H,1-2H3;1-2H3. The number of rotatable bonds is 6. The van der Waals surface area contributed by atoms with Gasteiger partial charge in [0.15, 0.2) is 0 Å². The summed E-state index contributed by atoms with van der Waals surface area (Å²) in [4.78, 5) is 11.0. The van der Waals surface area contributed by atoms with Crippen molar-refractivity contribution in [2.24, 2.45) is 5.41 Å². The highest BCUT2D eigenvalue weighted by molar-refractivity contribution is 5.86. The van der Waals surface area contributed by atoms with Crippen molar-refractivity contribution in [3.63, 3.8) is 0 Å². The molecule has 0 saturated heterocycles. The van der Waals surface area contributed by atoms with E-state index in [4.69, 9.17) is 9.47 Å². The van der Waals surface area contributed by atoms with E-state index in [2.05, 4.69) is 70.2 Å². The molecule has 2 aromatic rings. The van der Waals surface area contributed by atoms with E-state index in [0.29, 0.717) is 12.2 Å². The van der Waals surface area contributed by atoms with Crippen LogP contribution in [0.25, 0.3) is 0 Å². The largest absolute Gasteiger partial charge is 0.496 e. The van der Waals surface area contributed by atoms with E-state index in [1.807, 2.05) is 31.2 Å². The molecule has 0 bridgehead atoms. The number of benzene rings is 2. The van der Waals surface area contributed by atoms with Crippen LogP contribution in [0.2, 0.25) is 0 Å². The summed E-state index contributed by atoms with van der Waals surface area (Å²) in [6.45, 7) is 18.4. The summed E-state index contributed by atoms with van der Waals surface area (Å²) in [5, 5.41) is 0. The number of methoxy groups -OCH3 is 2. The highest BCUT2D eigenvalue weighted by atomic mass is 16.5. The summed E-state index contributed by atoms with van der Waals surface area (Å²) < 4.78 is 14.3. The highest BCUT2D eigenvalue weighted by Crippen LogP contribution is 2.24. The predicted octanol–water partition coefficient (Wildman–Crippen LogP) is 7.50. The van der Waals surface area contributed by atoms with Gasteiger partial charge in [0.05, 0.1) is 13.7 Å². The van der Waals surface area contributed by atoms with Crippen molar-refractivity contribution in [3.05, 3.63) is 77.4 Å². The summed E-state index contributed by atoms with van der Waals surface area (Å²) in [6, 6.07) is 16.4. The maximum Gasteiger partial charge on any atom is 0.333 e. The minimum atomic E-state index is -0.285. The first-order valence-electron chi connectivity index (χ1n) is 11.3. The molecular formula is C29H46O4. The molecule has 2 aromatic carbocycles. The Kier molecular flexibility index (Phi) is 18.7. The van der Waals surface area contributed by atoms with Gasteiger partial charge in [-0.15, -0.1) is 0 Å². The predicted molar refractivity (Wildman–Crippen MR) is 141 cm³/mol. The summed E-state index contributed by atoms with van der Waals surface area (Å²) >= 11 is 0. The Hall–Kier alpha value is -2.59. The molecule has 0 aliphatic heterocycles. The van der Waals surface area contributed by atoms with E-state index in [9.17, 15) is 4.79 Å². The zero-order valence-electron chi connectivity index (χ0n) is 22.6. The third-order valence-corrected chi connectivity index (χ3v) is 4.80. The van der Waals surface area contributed by atoms with Crippen LogP contribution < -0.4 is 4.74 Å². The number of aryl methyl sites for hydroxylation is 3. The van der Waals surface area contributed by atoms with Gasteiger partial charge in [0.2, 0.25) is 0 Å². The molecule has 4 heteroatoms. The van der Waals surface area contributed by atoms with Crippen molar-refractivity contribution in [2.45, 2.75) is 61.3 Å². The van der Waals surface area contributed by atoms with Crippen LogP contribution in [0.15, 0.2) is 60.7 Å². The third kappa shape index (κ3) is 18.7. The number of hydrogen-bond donors (Lipinski definition) is 0. The van der Waals surface area contributed by atoms with Crippen LogP contribution in [0.1, 0.15) is 57.2 Å². The molecule has 0 N–H and O–H groups in total. The van der Waals surface area contributed by atoms with Crippen molar-refractivity contribution in [1.82, 2.24) is 0 Å². The summed E-state index contributed by atoms with van der Waals surface area (Å²) in [7, 11) is 4.93. The fourth-order valence-corrected chi connectivity index (χ4v) is 2.31. The van der Waals surface area contributed by atoms with E-state index in [-0.39, 0.29) is 11.4 Å². The molecule has 4 nitrogen and oxygen atoms in total. The minimum absolute atomic E-state index is 0.259. The first kappa shape index (κ1) is 32.6. The quantitative estimate of drug-likeness (QED) is 0.332. The molecule has 2 rings (SSSR count). The molecule has 186 valence electrons. The second-order valence-electron chi connectivity index (χ2n) is 8.72. The Morgan fingerprint density at radius 3 is 1.79 bits per heavy atom. The number of carbonyl (C=O) groups is 1. The van der Waals surface area contributed by atoms with Crippen molar-refractivity contribution in [2.75, 3.05) is 27.9 Å². The van der Waals surface area contributed by atoms with Crippen molar-refractivity contribution in [1.29, 1.82) is 0 Å². The minimum Gasteiger partial charge on any atom is -0.496 e. The second kappa shape index (κ2) is 18.9. The smallest absolute Gasteiger partial charge is 0.333 e. The molecule has 0 spiro atoms. The van der Waals surface area contributed by atoms with Crippen LogP contribution in [-0.4, -0.2) is 33.9 Å². The highest BCUT2D eigenvalue weighted by Gasteiger charge is 2.15. The molecule has 0 amide bonds. The summed E-state index contributed by atoms with van der Waals surface area (Å²) in [6.07, 6.45) is 2.00. The van der Waals surface area contributed by atoms with Gasteiger partial charge < -0.3 is 14.2 Å². The van der Waals surface area contributed by atoms with Gasteiger partial charge in [0.1, 0.15) is 5.75 Å². The average molecular weight is 459 g/mol. The normalized spacial score (nSPS) is 9.64. The van der Waals surface area contributed by atoms with Crippen molar-refractivity contribution < 1.29 is 19.0 Å². The number of ether oxygens (including phenoxy) is 3. The summed E-state index contributed by atoms with van der Waals surface area (Å²) in [5.74, 6) is 0.671. The lowest BCUT2D eigenvalue weighted by molar-refractivity contribution is -0.139. The fraction of sp³-hybridized carbons (Fsp3) is 0.483. The first-order valence-corrected chi connectivity index (χ1v) is 11.3. The maximum absolute atomic E-state index is 11.0. The number of para-hydroxylation sites is 1. The molecule has 0 fully saturated rings. The Morgan fingerprint density at radius 2 is 1.45 bits per heavy atom. The fourth-order valence-electron chi connectivity index (χ4n) is 2.31. The van der Waals surface area contributed by atoms with Gasteiger partial charge in [-0.2, -0.15) is 0 Å². The van der Waals surface area contributed by atoms with Crippen LogP contribution in [0, 0.1) is 26.2 Å². The van der Waals surface area contributed by atoms with Crippen LogP contribution >= 0.6 is 0 Å². The monoisotopic (exact) mass is 458 g/mol. The van der Waals surface area contributed by atoms with Gasteiger partial charge in [-0.1, -0.05) is 87.4 Å². The van der Waals surface area contributed by atoms with Gasteiger partial charge in [-0.3, -0.25) is 0 Å². The van der Waals surface area contributed by atoms with Crippen LogP contribution in [0.5, 0.6) is 5.75 Å². The van der Waals surface area contributed by atoms with Crippen LogP contribution in [-0.2, 0) is 14.3 Å². The topological polar surface area (TPSA) is 44.8 Å². The average Bonchev–Trinajstić information content (AvgIpc) is 2.75. The molecule has 33 heavy (non-hydrogen) atoms. The van der Waals surface area contributed by atoms with Gasteiger partial charge >= 0.3 is 5.97 Å². The molecule has 0 aliphatic carbocycles. The Labute approximate surface area is 203 Å². The summed E-state index contributed by atoms with van der Waals surface area (Å²) in [5.41, 5.74) is 4.58. The zero-order valence-corrected chi connectivity index (χ0v) is 22.6. The van der Waals surface area contributed by atoms with Crippen LogP contribution in [0.4, 0.5) is 0 Å². The molecule has 0 aliphatic rings. The van der Waals surface area contributed by atoms with Crippen LogP contribution in [0.3, 0.4) is 0 Å². The molecular weight excluding hydrogens is 412 g/mol. The molecule has 0 saturated carbocycles. The molecule has 0 unspecified atom stereocenters. The molecule has 0 aromatic heterocycles. The zero-order chi connectivity index (χ0) is 25.9. The first-order chi connectivity index (χ1) is 15.4. The Morgan fingerprint density at radius 1 is 0.939 bits per heavy atom. The van der Waals surface area contributed by atoms with Gasteiger partial charge in [0, 0.05) is 19.8 Å². The maximum atomic E-state index is 11.0. The van der Waals surface area contributed by atoms with E-state index in [1.165, 1.54) is 16.7 Å². The van der Waals surface area contributed by atoms with Gasteiger partial charge in [0.25, 0.3) is 0 Å². The lowest BCUT2D eigenvalue weighted by Crippen LogP contribution is -2.15. The van der Waals surface area contributed by atoms with E-state index >= 15 is 0 Å². The second-order valence-corrected chi connectivity index (χ2v) is 8.72. The number of esters is 1. The SMILES string of the molecule is C=C(C)C(=O)OCCC(C)(C)CC.COC.COc1ccccc1C.Cc1cccc(C)c1. The number of hydrogen-bond acceptors (Lipinski definition) is 4. The van der Waals surface area contributed by atoms with E-state index in [1.54, 1.807) is 28.3 Å². The van der Waals surface area contributed by atoms with E-state index in [0.717, 1.165) is 18.6 Å². The molecule has 0 atom stereocenters. The van der Waals surface area contributed by atoms with Crippen molar-refractivity contribution >= 4 is 5.97 Å². The lowest BCUT2D eigenvalue weighted by atomic mass is 9.87. The lowest BCUT2D eigenvalue weighted by Gasteiger charge is -2.21. The van der Waals surface area contributed by atoms with Gasteiger partial charge in [-0.25, -0.2) is 4.79 Å².